The number of thiophene rings is 1. The second-order valence-corrected chi connectivity index (χ2v) is 7.22. The van der Waals surface area contributed by atoms with E-state index < -0.39 is 0 Å². The smallest absolute Gasteiger partial charge is 0.410 e. The SMILES string of the molecule is CC1COC(=O)N1C1CCN(C(=O)c2sccc2Br)CC1. The van der Waals surface area contributed by atoms with Crippen LogP contribution in [0.15, 0.2) is 15.9 Å². The van der Waals surface area contributed by atoms with E-state index in [9.17, 15) is 9.59 Å². The molecular weight excluding hydrogens is 356 g/mol. The monoisotopic (exact) mass is 372 g/mol. The van der Waals surface area contributed by atoms with E-state index in [1.54, 1.807) is 0 Å². The molecule has 2 aliphatic heterocycles. The fraction of sp³-hybridized carbons (Fsp3) is 0.571. The van der Waals surface area contributed by atoms with Gasteiger partial charge in [-0.15, -0.1) is 11.3 Å². The van der Waals surface area contributed by atoms with Gasteiger partial charge in [-0.1, -0.05) is 0 Å². The van der Waals surface area contributed by atoms with E-state index in [1.165, 1.54) is 11.3 Å². The first-order valence-corrected chi connectivity index (χ1v) is 8.72. The lowest BCUT2D eigenvalue weighted by Crippen LogP contribution is -2.49. The van der Waals surface area contributed by atoms with Crippen molar-refractivity contribution in [3.63, 3.8) is 0 Å². The highest BCUT2D eigenvalue weighted by Gasteiger charge is 2.37. The highest BCUT2D eigenvalue weighted by atomic mass is 79.9. The van der Waals surface area contributed by atoms with Crippen molar-refractivity contribution in [2.24, 2.45) is 0 Å². The first kappa shape index (κ1) is 14.8. The summed E-state index contributed by atoms with van der Waals surface area (Å²) in [6, 6.07) is 2.22. The van der Waals surface area contributed by atoms with E-state index in [0.717, 1.165) is 22.2 Å². The van der Waals surface area contributed by atoms with Crippen LogP contribution in [0.2, 0.25) is 0 Å². The van der Waals surface area contributed by atoms with Gasteiger partial charge in [0.25, 0.3) is 5.91 Å². The van der Waals surface area contributed by atoms with Crippen LogP contribution in [0, 0.1) is 0 Å². The van der Waals surface area contributed by atoms with Crippen molar-refractivity contribution >= 4 is 39.3 Å². The highest BCUT2D eigenvalue weighted by molar-refractivity contribution is 9.10. The Balaban J connectivity index is 1.62. The summed E-state index contributed by atoms with van der Waals surface area (Å²) in [5.41, 5.74) is 0. The van der Waals surface area contributed by atoms with Crippen LogP contribution in [0.5, 0.6) is 0 Å². The molecule has 0 radical (unpaired) electrons. The van der Waals surface area contributed by atoms with Crippen molar-refractivity contribution in [3.8, 4) is 0 Å². The van der Waals surface area contributed by atoms with Gasteiger partial charge in [0.15, 0.2) is 0 Å². The van der Waals surface area contributed by atoms with Gasteiger partial charge in [0, 0.05) is 23.6 Å². The zero-order valence-corrected chi connectivity index (χ0v) is 14.2. The average Bonchev–Trinajstić information content (AvgIpc) is 3.05. The average molecular weight is 373 g/mol. The van der Waals surface area contributed by atoms with Crippen molar-refractivity contribution in [1.82, 2.24) is 9.80 Å². The number of cyclic esters (lactones) is 1. The first-order valence-electron chi connectivity index (χ1n) is 7.05. The fourth-order valence-corrected chi connectivity index (χ4v) is 4.48. The van der Waals surface area contributed by atoms with Gasteiger partial charge in [-0.2, -0.15) is 0 Å². The van der Waals surface area contributed by atoms with E-state index in [1.807, 2.05) is 28.2 Å². The normalized spacial score (nSPS) is 23.5. The van der Waals surface area contributed by atoms with Crippen LogP contribution in [-0.4, -0.2) is 53.6 Å². The van der Waals surface area contributed by atoms with Crippen LogP contribution in [0.4, 0.5) is 4.79 Å². The third-order valence-corrected chi connectivity index (χ3v) is 5.92. The van der Waals surface area contributed by atoms with Gasteiger partial charge < -0.3 is 9.64 Å². The summed E-state index contributed by atoms with van der Waals surface area (Å²) in [5, 5.41) is 1.91. The maximum absolute atomic E-state index is 12.4. The van der Waals surface area contributed by atoms with E-state index in [-0.39, 0.29) is 24.1 Å². The number of nitrogens with zero attached hydrogens (tertiary/aromatic N) is 2. The lowest BCUT2D eigenvalue weighted by atomic mass is 10.0. The third-order valence-electron chi connectivity index (χ3n) is 4.09. The minimum Gasteiger partial charge on any atom is -0.447 e. The largest absolute Gasteiger partial charge is 0.447 e. The predicted molar refractivity (Wildman–Crippen MR) is 83.6 cm³/mol. The van der Waals surface area contributed by atoms with Gasteiger partial charge in [0.2, 0.25) is 0 Å². The zero-order chi connectivity index (χ0) is 15.0. The quantitative estimate of drug-likeness (QED) is 0.801. The summed E-state index contributed by atoms with van der Waals surface area (Å²) in [5.74, 6) is 0.0763. The van der Waals surface area contributed by atoms with Crippen molar-refractivity contribution in [2.75, 3.05) is 19.7 Å². The Morgan fingerprint density at radius 1 is 1.43 bits per heavy atom. The van der Waals surface area contributed by atoms with Crippen LogP contribution < -0.4 is 0 Å². The number of likely N-dealkylation sites (tertiary alicyclic amines) is 1. The topological polar surface area (TPSA) is 49.9 Å². The molecule has 2 aliphatic rings. The Hall–Kier alpha value is -1.08. The second kappa shape index (κ2) is 5.96. The van der Waals surface area contributed by atoms with Gasteiger partial charge in [-0.25, -0.2) is 4.79 Å². The number of piperidine rings is 1. The molecule has 5 nitrogen and oxygen atoms in total. The highest BCUT2D eigenvalue weighted by Crippen LogP contribution is 2.28. The number of ether oxygens (including phenoxy) is 1. The molecule has 0 saturated carbocycles. The molecule has 1 aromatic rings. The lowest BCUT2D eigenvalue weighted by Gasteiger charge is -2.37. The molecule has 0 N–H and O–H groups in total. The molecule has 114 valence electrons. The molecule has 7 heteroatoms. The molecule has 1 unspecified atom stereocenters. The maximum Gasteiger partial charge on any atom is 0.410 e. The summed E-state index contributed by atoms with van der Waals surface area (Å²) in [6.07, 6.45) is 1.41. The van der Waals surface area contributed by atoms with E-state index in [2.05, 4.69) is 15.9 Å². The Morgan fingerprint density at radius 3 is 2.67 bits per heavy atom. The van der Waals surface area contributed by atoms with Crippen molar-refractivity contribution in [2.45, 2.75) is 31.8 Å². The molecule has 0 aromatic carbocycles. The number of amides is 2. The molecule has 2 amide bonds. The first-order chi connectivity index (χ1) is 10.1. The fourth-order valence-electron chi connectivity index (χ4n) is 2.97. The minimum atomic E-state index is -0.215. The number of halogens is 1. The number of hydrogen-bond acceptors (Lipinski definition) is 4. The molecule has 1 aromatic heterocycles. The lowest BCUT2D eigenvalue weighted by molar-refractivity contribution is 0.0645. The zero-order valence-electron chi connectivity index (χ0n) is 11.8. The summed E-state index contributed by atoms with van der Waals surface area (Å²) in [4.78, 5) is 28.7. The molecule has 2 saturated heterocycles. The Labute approximate surface area is 136 Å². The van der Waals surface area contributed by atoms with Gasteiger partial charge in [0.05, 0.1) is 6.04 Å². The Kier molecular flexibility index (Phi) is 4.21. The van der Waals surface area contributed by atoms with Crippen LogP contribution in [0.1, 0.15) is 29.4 Å². The van der Waals surface area contributed by atoms with Crippen LogP contribution in [-0.2, 0) is 4.74 Å². The van der Waals surface area contributed by atoms with Gasteiger partial charge in [0.1, 0.15) is 11.5 Å². The Bertz CT molecular complexity index is 554. The molecule has 1 atom stereocenters. The van der Waals surface area contributed by atoms with Gasteiger partial charge in [-0.05, 0) is 47.1 Å². The Morgan fingerprint density at radius 2 is 2.14 bits per heavy atom. The van der Waals surface area contributed by atoms with E-state index in [4.69, 9.17) is 4.74 Å². The summed E-state index contributed by atoms with van der Waals surface area (Å²) in [7, 11) is 0. The molecular formula is C14H17BrN2O3S. The van der Waals surface area contributed by atoms with Crippen molar-refractivity contribution < 1.29 is 14.3 Å². The van der Waals surface area contributed by atoms with E-state index in [0.29, 0.717) is 19.7 Å². The number of hydrogen-bond donors (Lipinski definition) is 0. The summed E-state index contributed by atoms with van der Waals surface area (Å²) >= 11 is 4.86. The van der Waals surface area contributed by atoms with Gasteiger partial charge in [-0.3, -0.25) is 9.69 Å². The third kappa shape index (κ3) is 2.81. The van der Waals surface area contributed by atoms with Crippen molar-refractivity contribution in [1.29, 1.82) is 0 Å². The molecule has 21 heavy (non-hydrogen) atoms. The van der Waals surface area contributed by atoms with Crippen LogP contribution >= 0.6 is 27.3 Å². The summed E-state index contributed by atoms with van der Waals surface area (Å²) < 4.78 is 5.94. The molecule has 2 fully saturated rings. The maximum atomic E-state index is 12.4. The molecule has 0 bridgehead atoms. The molecule has 3 heterocycles. The number of carbonyl (C=O) groups is 2. The molecule has 3 rings (SSSR count). The number of rotatable bonds is 2. The standard InChI is InChI=1S/C14H17BrN2O3S/c1-9-8-20-14(19)17(9)10-2-5-16(6-3-10)13(18)12-11(15)4-7-21-12/h4,7,9-10H,2-3,5-6,8H2,1H3. The molecule has 0 aliphatic carbocycles. The van der Waals surface area contributed by atoms with E-state index >= 15 is 0 Å². The number of carbonyl (C=O) groups excluding carboxylic acids is 2. The van der Waals surface area contributed by atoms with Crippen LogP contribution in [0.3, 0.4) is 0 Å². The minimum absolute atomic E-state index is 0.0763. The van der Waals surface area contributed by atoms with Gasteiger partial charge >= 0.3 is 6.09 Å². The van der Waals surface area contributed by atoms with Crippen molar-refractivity contribution in [3.05, 3.63) is 20.8 Å². The summed E-state index contributed by atoms with van der Waals surface area (Å²) in [6.45, 7) is 3.85. The second-order valence-electron chi connectivity index (χ2n) is 5.45. The molecule has 0 spiro atoms. The van der Waals surface area contributed by atoms with Crippen LogP contribution in [0.25, 0.3) is 0 Å². The predicted octanol–water partition coefficient (Wildman–Crippen LogP) is 2.96.